The molecule has 0 spiro atoms. The van der Waals surface area contributed by atoms with E-state index in [0.717, 1.165) is 17.9 Å². The predicted octanol–water partition coefficient (Wildman–Crippen LogP) is 3.54. The van der Waals surface area contributed by atoms with E-state index in [-0.39, 0.29) is 0 Å². The lowest BCUT2D eigenvalue weighted by molar-refractivity contribution is 0.168. The van der Waals surface area contributed by atoms with Gasteiger partial charge in [0.2, 0.25) is 0 Å². The highest BCUT2D eigenvalue weighted by atomic mass is 16.6. The molecule has 1 aliphatic heterocycles. The SMILES string of the molecule is CCCC(C)CC(NC)c1cccc2c1OCCO2. The van der Waals surface area contributed by atoms with Crippen LogP contribution < -0.4 is 14.8 Å². The van der Waals surface area contributed by atoms with E-state index in [0.29, 0.717) is 25.2 Å². The molecule has 0 fully saturated rings. The van der Waals surface area contributed by atoms with Crippen molar-refractivity contribution >= 4 is 0 Å². The third-order valence-corrected chi connectivity index (χ3v) is 3.74. The van der Waals surface area contributed by atoms with Gasteiger partial charge in [0.05, 0.1) is 0 Å². The summed E-state index contributed by atoms with van der Waals surface area (Å²) in [5.41, 5.74) is 1.22. The number of nitrogens with one attached hydrogen (secondary N) is 1. The van der Waals surface area contributed by atoms with Crippen LogP contribution in [0.1, 0.15) is 44.7 Å². The Hall–Kier alpha value is -1.22. The zero-order valence-corrected chi connectivity index (χ0v) is 12.2. The number of benzene rings is 1. The Morgan fingerprint density at radius 2 is 2.05 bits per heavy atom. The standard InChI is InChI=1S/C16H25NO2/c1-4-6-12(2)11-14(17-3)13-7-5-8-15-16(13)19-10-9-18-15/h5,7-8,12,14,17H,4,6,9-11H2,1-3H3. The van der Waals surface area contributed by atoms with Gasteiger partial charge in [-0.25, -0.2) is 0 Å². The highest BCUT2D eigenvalue weighted by Crippen LogP contribution is 2.38. The number of ether oxygens (including phenoxy) is 2. The summed E-state index contributed by atoms with van der Waals surface area (Å²) in [7, 11) is 2.02. The molecule has 2 unspecified atom stereocenters. The van der Waals surface area contributed by atoms with Crippen molar-refractivity contribution in [1.82, 2.24) is 5.32 Å². The van der Waals surface area contributed by atoms with Crippen LogP contribution in [-0.2, 0) is 0 Å². The fourth-order valence-electron chi connectivity index (χ4n) is 2.78. The maximum atomic E-state index is 5.81. The first-order chi connectivity index (χ1) is 9.26. The van der Waals surface area contributed by atoms with E-state index in [1.807, 2.05) is 13.1 Å². The second-order valence-electron chi connectivity index (χ2n) is 5.34. The zero-order valence-electron chi connectivity index (χ0n) is 12.2. The summed E-state index contributed by atoms with van der Waals surface area (Å²) in [6.45, 7) is 5.85. The van der Waals surface area contributed by atoms with Crippen molar-refractivity contribution in [1.29, 1.82) is 0 Å². The summed E-state index contributed by atoms with van der Waals surface area (Å²) in [6.07, 6.45) is 3.64. The van der Waals surface area contributed by atoms with E-state index in [2.05, 4.69) is 31.3 Å². The molecular weight excluding hydrogens is 238 g/mol. The molecule has 0 saturated carbocycles. The highest BCUT2D eigenvalue weighted by Gasteiger charge is 2.22. The summed E-state index contributed by atoms with van der Waals surface area (Å²) in [5, 5.41) is 3.42. The van der Waals surface area contributed by atoms with Crippen LogP contribution in [0.4, 0.5) is 0 Å². The Kier molecular flexibility index (Phi) is 5.08. The maximum Gasteiger partial charge on any atom is 0.166 e. The van der Waals surface area contributed by atoms with E-state index >= 15 is 0 Å². The van der Waals surface area contributed by atoms with Gasteiger partial charge in [0.1, 0.15) is 13.2 Å². The lowest BCUT2D eigenvalue weighted by Crippen LogP contribution is -2.23. The molecule has 0 radical (unpaired) electrons. The first kappa shape index (κ1) is 14.2. The lowest BCUT2D eigenvalue weighted by atomic mass is 9.92. The smallest absolute Gasteiger partial charge is 0.166 e. The van der Waals surface area contributed by atoms with Gasteiger partial charge in [-0.1, -0.05) is 38.8 Å². The molecule has 2 rings (SSSR count). The number of rotatable bonds is 6. The topological polar surface area (TPSA) is 30.5 Å². The van der Waals surface area contributed by atoms with E-state index in [4.69, 9.17) is 9.47 Å². The molecule has 3 nitrogen and oxygen atoms in total. The summed E-state index contributed by atoms with van der Waals surface area (Å²) >= 11 is 0. The van der Waals surface area contributed by atoms with Crippen molar-refractivity contribution in [2.45, 2.75) is 39.2 Å². The van der Waals surface area contributed by atoms with Gasteiger partial charge in [-0.3, -0.25) is 0 Å². The molecule has 1 heterocycles. The van der Waals surface area contributed by atoms with Crippen LogP contribution in [0, 0.1) is 5.92 Å². The Morgan fingerprint density at radius 3 is 2.79 bits per heavy atom. The maximum absolute atomic E-state index is 5.81. The first-order valence-corrected chi connectivity index (χ1v) is 7.32. The first-order valence-electron chi connectivity index (χ1n) is 7.32. The van der Waals surface area contributed by atoms with Crippen molar-refractivity contribution < 1.29 is 9.47 Å². The van der Waals surface area contributed by atoms with Gasteiger partial charge in [0.15, 0.2) is 11.5 Å². The van der Waals surface area contributed by atoms with Crippen LogP contribution >= 0.6 is 0 Å². The summed E-state index contributed by atoms with van der Waals surface area (Å²) in [5.74, 6) is 2.52. The van der Waals surface area contributed by atoms with E-state index in [1.54, 1.807) is 0 Å². The molecule has 2 atom stereocenters. The largest absolute Gasteiger partial charge is 0.486 e. The van der Waals surface area contributed by atoms with Crippen LogP contribution in [-0.4, -0.2) is 20.3 Å². The van der Waals surface area contributed by atoms with Gasteiger partial charge in [-0.2, -0.15) is 0 Å². The number of hydrogen-bond acceptors (Lipinski definition) is 3. The van der Waals surface area contributed by atoms with Crippen LogP contribution in [0.3, 0.4) is 0 Å². The predicted molar refractivity (Wildman–Crippen MR) is 77.9 cm³/mol. The Balaban J connectivity index is 2.18. The Bertz CT molecular complexity index is 406. The molecule has 19 heavy (non-hydrogen) atoms. The fraction of sp³-hybridized carbons (Fsp3) is 0.625. The van der Waals surface area contributed by atoms with Gasteiger partial charge >= 0.3 is 0 Å². The Morgan fingerprint density at radius 1 is 1.26 bits per heavy atom. The number of para-hydroxylation sites is 1. The fourth-order valence-corrected chi connectivity index (χ4v) is 2.78. The molecule has 106 valence electrons. The minimum atomic E-state index is 0.332. The summed E-state index contributed by atoms with van der Waals surface area (Å²) < 4.78 is 11.5. The van der Waals surface area contributed by atoms with Gasteiger partial charge in [0.25, 0.3) is 0 Å². The van der Waals surface area contributed by atoms with E-state index in [9.17, 15) is 0 Å². The van der Waals surface area contributed by atoms with Crippen LogP contribution in [0.25, 0.3) is 0 Å². The molecule has 1 N–H and O–H groups in total. The normalized spacial score (nSPS) is 17.0. The molecule has 0 amide bonds. The molecule has 0 aliphatic carbocycles. The number of fused-ring (bicyclic) bond motifs is 1. The van der Waals surface area contributed by atoms with Gasteiger partial charge in [-0.05, 0) is 25.5 Å². The van der Waals surface area contributed by atoms with Crippen molar-refractivity contribution in [3.63, 3.8) is 0 Å². The lowest BCUT2D eigenvalue weighted by Gasteiger charge is -2.26. The summed E-state index contributed by atoms with van der Waals surface area (Å²) in [4.78, 5) is 0. The second-order valence-corrected chi connectivity index (χ2v) is 5.34. The molecule has 3 heteroatoms. The second kappa shape index (κ2) is 6.80. The van der Waals surface area contributed by atoms with Crippen molar-refractivity contribution in [3.05, 3.63) is 23.8 Å². The van der Waals surface area contributed by atoms with Crippen LogP contribution in [0.15, 0.2) is 18.2 Å². The monoisotopic (exact) mass is 263 g/mol. The molecule has 1 aliphatic rings. The van der Waals surface area contributed by atoms with Gasteiger partial charge < -0.3 is 14.8 Å². The quantitative estimate of drug-likeness (QED) is 0.851. The molecule has 0 saturated heterocycles. The molecule has 1 aromatic rings. The van der Waals surface area contributed by atoms with E-state index in [1.165, 1.54) is 18.4 Å². The van der Waals surface area contributed by atoms with Crippen LogP contribution in [0.5, 0.6) is 11.5 Å². The Labute approximate surface area is 116 Å². The van der Waals surface area contributed by atoms with E-state index < -0.39 is 0 Å². The molecule has 0 aromatic heterocycles. The van der Waals surface area contributed by atoms with Crippen molar-refractivity contribution in [3.8, 4) is 11.5 Å². The number of hydrogen-bond donors (Lipinski definition) is 1. The van der Waals surface area contributed by atoms with Crippen molar-refractivity contribution in [2.24, 2.45) is 5.92 Å². The minimum Gasteiger partial charge on any atom is -0.486 e. The minimum absolute atomic E-state index is 0.332. The summed E-state index contributed by atoms with van der Waals surface area (Å²) in [6, 6.07) is 6.52. The van der Waals surface area contributed by atoms with Gasteiger partial charge in [-0.15, -0.1) is 0 Å². The average molecular weight is 263 g/mol. The van der Waals surface area contributed by atoms with Crippen molar-refractivity contribution in [2.75, 3.05) is 20.3 Å². The average Bonchev–Trinajstić information content (AvgIpc) is 2.44. The van der Waals surface area contributed by atoms with Gasteiger partial charge in [0, 0.05) is 11.6 Å². The third kappa shape index (κ3) is 3.41. The zero-order chi connectivity index (χ0) is 13.7. The molecular formula is C16H25NO2. The molecule has 0 bridgehead atoms. The highest BCUT2D eigenvalue weighted by molar-refractivity contribution is 5.48. The molecule has 1 aromatic carbocycles. The van der Waals surface area contributed by atoms with Crippen LogP contribution in [0.2, 0.25) is 0 Å². The third-order valence-electron chi connectivity index (χ3n) is 3.74.